The van der Waals surface area contributed by atoms with E-state index in [9.17, 15) is 9.59 Å². The number of ether oxygens (including phenoxy) is 3. The first-order valence-corrected chi connectivity index (χ1v) is 9.91. The smallest absolute Gasteiger partial charge is 0.238 e. The molecule has 1 heterocycles. The molecule has 1 aliphatic rings. The molecule has 0 bridgehead atoms. The van der Waals surface area contributed by atoms with Gasteiger partial charge in [-0.3, -0.25) is 9.59 Å². The summed E-state index contributed by atoms with van der Waals surface area (Å²) in [4.78, 5) is 27.7. The van der Waals surface area contributed by atoms with Crippen LogP contribution in [0.4, 0.5) is 5.69 Å². The SMILES string of the molecule is COc1ccc(C(=O)c2ccc(OC)c3c2C=CC(C)(C)O3)c(NC(=O)CN(C)C)c1. The number of ketones is 1. The molecule has 31 heavy (non-hydrogen) atoms. The molecule has 0 spiro atoms. The molecule has 0 unspecified atom stereocenters. The van der Waals surface area contributed by atoms with Gasteiger partial charge in [-0.15, -0.1) is 0 Å². The van der Waals surface area contributed by atoms with Crippen LogP contribution in [0.5, 0.6) is 17.2 Å². The number of fused-ring (bicyclic) bond motifs is 1. The first-order valence-electron chi connectivity index (χ1n) is 9.91. The predicted molar refractivity (Wildman–Crippen MR) is 120 cm³/mol. The Morgan fingerprint density at radius 1 is 1.06 bits per heavy atom. The molecule has 164 valence electrons. The van der Waals surface area contributed by atoms with Crippen LogP contribution in [-0.4, -0.2) is 57.1 Å². The average molecular weight is 424 g/mol. The second-order valence-corrected chi connectivity index (χ2v) is 8.12. The highest BCUT2D eigenvalue weighted by atomic mass is 16.5. The van der Waals surface area contributed by atoms with Gasteiger partial charge in [-0.1, -0.05) is 6.08 Å². The lowest BCUT2D eigenvalue weighted by Crippen LogP contribution is -2.29. The number of amides is 1. The Bertz CT molecular complexity index is 1040. The highest BCUT2D eigenvalue weighted by Gasteiger charge is 2.29. The Morgan fingerprint density at radius 2 is 1.77 bits per heavy atom. The molecular weight excluding hydrogens is 396 g/mol. The molecule has 1 aliphatic heterocycles. The van der Waals surface area contributed by atoms with Gasteiger partial charge in [0.2, 0.25) is 5.91 Å². The number of hydrogen-bond acceptors (Lipinski definition) is 6. The van der Waals surface area contributed by atoms with Crippen molar-refractivity contribution in [2.75, 3.05) is 40.2 Å². The van der Waals surface area contributed by atoms with Crippen molar-refractivity contribution < 1.29 is 23.8 Å². The Morgan fingerprint density at radius 3 is 2.42 bits per heavy atom. The zero-order valence-electron chi connectivity index (χ0n) is 18.7. The molecule has 1 amide bonds. The number of rotatable bonds is 7. The minimum atomic E-state index is -0.520. The zero-order valence-corrected chi connectivity index (χ0v) is 18.7. The molecule has 0 saturated heterocycles. The number of nitrogens with one attached hydrogen (secondary N) is 1. The molecule has 0 radical (unpaired) electrons. The average Bonchev–Trinajstić information content (AvgIpc) is 2.71. The molecule has 3 rings (SSSR count). The third-order valence-corrected chi connectivity index (χ3v) is 4.85. The van der Waals surface area contributed by atoms with Crippen molar-refractivity contribution >= 4 is 23.5 Å². The quantitative estimate of drug-likeness (QED) is 0.684. The fraction of sp³-hybridized carbons (Fsp3) is 0.333. The first kappa shape index (κ1) is 22.4. The Kier molecular flexibility index (Phi) is 6.36. The van der Waals surface area contributed by atoms with Crippen molar-refractivity contribution in [1.82, 2.24) is 4.90 Å². The molecule has 0 atom stereocenters. The minimum absolute atomic E-state index is 0.189. The molecule has 0 aromatic heterocycles. The van der Waals surface area contributed by atoms with Gasteiger partial charge in [0.1, 0.15) is 11.4 Å². The Labute approximate surface area is 182 Å². The van der Waals surface area contributed by atoms with Crippen LogP contribution in [-0.2, 0) is 4.79 Å². The van der Waals surface area contributed by atoms with E-state index >= 15 is 0 Å². The van der Waals surface area contributed by atoms with E-state index in [0.29, 0.717) is 39.6 Å². The first-order chi connectivity index (χ1) is 14.6. The van der Waals surface area contributed by atoms with Crippen LogP contribution in [0, 0.1) is 0 Å². The lowest BCUT2D eigenvalue weighted by molar-refractivity contribution is -0.116. The van der Waals surface area contributed by atoms with Crippen LogP contribution < -0.4 is 19.5 Å². The van der Waals surface area contributed by atoms with Crippen LogP contribution in [0.3, 0.4) is 0 Å². The second kappa shape index (κ2) is 8.81. The third-order valence-electron chi connectivity index (χ3n) is 4.85. The van der Waals surface area contributed by atoms with Gasteiger partial charge in [-0.2, -0.15) is 0 Å². The van der Waals surface area contributed by atoms with Crippen LogP contribution >= 0.6 is 0 Å². The summed E-state index contributed by atoms with van der Waals surface area (Å²) in [6.45, 7) is 4.05. The highest BCUT2D eigenvalue weighted by molar-refractivity contribution is 6.16. The molecule has 7 nitrogen and oxygen atoms in total. The van der Waals surface area contributed by atoms with Crippen molar-refractivity contribution in [3.05, 3.63) is 53.1 Å². The van der Waals surface area contributed by atoms with Crippen molar-refractivity contribution in [2.24, 2.45) is 0 Å². The number of hydrogen-bond donors (Lipinski definition) is 1. The van der Waals surface area contributed by atoms with E-state index in [0.717, 1.165) is 0 Å². The van der Waals surface area contributed by atoms with E-state index < -0.39 is 5.60 Å². The summed E-state index contributed by atoms with van der Waals surface area (Å²) in [5, 5.41) is 2.83. The van der Waals surface area contributed by atoms with E-state index in [1.54, 1.807) is 56.4 Å². The summed E-state index contributed by atoms with van der Waals surface area (Å²) >= 11 is 0. The summed E-state index contributed by atoms with van der Waals surface area (Å²) in [5.74, 6) is 1.15. The number of carbonyl (C=O) groups excluding carboxylic acids is 2. The van der Waals surface area contributed by atoms with Crippen molar-refractivity contribution in [1.29, 1.82) is 0 Å². The summed E-state index contributed by atoms with van der Waals surface area (Å²) in [6, 6.07) is 8.42. The van der Waals surface area contributed by atoms with Crippen molar-refractivity contribution in [3.63, 3.8) is 0 Å². The number of nitrogens with zero attached hydrogens (tertiary/aromatic N) is 1. The molecule has 1 N–H and O–H groups in total. The van der Waals surface area contributed by atoms with E-state index in [2.05, 4.69) is 5.32 Å². The third kappa shape index (κ3) is 4.88. The monoisotopic (exact) mass is 424 g/mol. The highest BCUT2D eigenvalue weighted by Crippen LogP contribution is 2.41. The van der Waals surface area contributed by atoms with Gasteiger partial charge in [-0.25, -0.2) is 0 Å². The fourth-order valence-electron chi connectivity index (χ4n) is 3.36. The molecule has 0 aliphatic carbocycles. The van der Waals surface area contributed by atoms with Gasteiger partial charge in [0.15, 0.2) is 17.3 Å². The number of carbonyl (C=O) groups is 2. The number of likely N-dealkylation sites (N-methyl/N-ethyl adjacent to an activating group) is 1. The molecule has 2 aromatic carbocycles. The number of methoxy groups -OCH3 is 2. The molecular formula is C24H28N2O5. The topological polar surface area (TPSA) is 77.1 Å². The van der Waals surface area contributed by atoms with Crippen LogP contribution in [0.1, 0.15) is 35.3 Å². The summed E-state index contributed by atoms with van der Waals surface area (Å²) < 4.78 is 16.8. The zero-order chi connectivity index (χ0) is 22.8. The number of benzene rings is 2. The van der Waals surface area contributed by atoms with E-state index in [4.69, 9.17) is 14.2 Å². The van der Waals surface area contributed by atoms with E-state index in [-0.39, 0.29) is 18.2 Å². The summed E-state index contributed by atoms with van der Waals surface area (Å²) in [7, 11) is 6.70. The lowest BCUT2D eigenvalue weighted by Gasteiger charge is -2.30. The van der Waals surface area contributed by atoms with Gasteiger partial charge in [0.05, 0.1) is 26.5 Å². The maximum atomic E-state index is 13.6. The minimum Gasteiger partial charge on any atom is -0.497 e. The number of anilines is 1. The van der Waals surface area contributed by atoms with Gasteiger partial charge >= 0.3 is 0 Å². The van der Waals surface area contributed by atoms with Crippen LogP contribution in [0.2, 0.25) is 0 Å². The van der Waals surface area contributed by atoms with Gasteiger partial charge in [0.25, 0.3) is 0 Å². The molecule has 0 fully saturated rings. The normalized spacial score (nSPS) is 13.9. The van der Waals surface area contributed by atoms with Crippen molar-refractivity contribution in [2.45, 2.75) is 19.4 Å². The van der Waals surface area contributed by atoms with Crippen molar-refractivity contribution in [3.8, 4) is 17.2 Å². The maximum absolute atomic E-state index is 13.6. The predicted octanol–water partition coefficient (Wildman–Crippen LogP) is 3.62. The largest absolute Gasteiger partial charge is 0.497 e. The Balaban J connectivity index is 2.07. The van der Waals surface area contributed by atoms with Crippen LogP contribution in [0.15, 0.2) is 36.4 Å². The molecule has 0 saturated carbocycles. The summed E-state index contributed by atoms with van der Waals surface area (Å²) in [6.07, 6.45) is 3.78. The van der Waals surface area contributed by atoms with Gasteiger partial charge < -0.3 is 24.4 Å². The Hall–Kier alpha value is -3.32. The van der Waals surface area contributed by atoms with E-state index in [1.807, 2.05) is 26.0 Å². The molecule has 2 aromatic rings. The van der Waals surface area contributed by atoms with Crippen LogP contribution in [0.25, 0.3) is 6.08 Å². The van der Waals surface area contributed by atoms with E-state index in [1.165, 1.54) is 7.11 Å². The lowest BCUT2D eigenvalue weighted by atomic mass is 9.92. The summed E-state index contributed by atoms with van der Waals surface area (Å²) in [5.41, 5.74) is 1.33. The molecule has 7 heteroatoms. The van der Waals surface area contributed by atoms with Gasteiger partial charge in [0, 0.05) is 22.8 Å². The second-order valence-electron chi connectivity index (χ2n) is 8.12. The van der Waals surface area contributed by atoms with Gasteiger partial charge in [-0.05, 0) is 58.3 Å². The maximum Gasteiger partial charge on any atom is 0.238 e. The fourth-order valence-corrected chi connectivity index (χ4v) is 3.36. The standard InChI is InChI=1S/C24H28N2O5/c1-24(2)12-11-17-16(9-10-20(30-6)23(17)31-24)22(28)18-8-7-15(29-5)13-19(18)25-21(27)14-26(3)4/h7-13H,14H2,1-6H3,(H,25,27).